The number of nitrogens with one attached hydrogen (secondary N) is 1. The zero-order valence-corrected chi connectivity index (χ0v) is 10.2. The standard InChI is InChI=1S/C11H10N4O2S/c16-10(17)7-4-5-9(15-14-7)13-11-12-6-2-1-3-8(6)18-11/h4-5H,1-3H2,(H,16,17)(H,12,13,15). The average Bonchev–Trinajstić information content (AvgIpc) is 2.90. The number of thiazole rings is 1. The molecule has 6 nitrogen and oxygen atoms in total. The molecule has 0 aromatic carbocycles. The minimum absolute atomic E-state index is 0.0674. The van der Waals surface area contributed by atoms with E-state index in [1.54, 1.807) is 17.4 Å². The van der Waals surface area contributed by atoms with Crippen LogP contribution in [-0.4, -0.2) is 26.3 Å². The van der Waals surface area contributed by atoms with Gasteiger partial charge in [0.2, 0.25) is 0 Å². The summed E-state index contributed by atoms with van der Waals surface area (Å²) in [6.45, 7) is 0. The highest BCUT2D eigenvalue weighted by molar-refractivity contribution is 7.15. The fourth-order valence-corrected chi connectivity index (χ4v) is 2.92. The molecule has 0 unspecified atom stereocenters. The third-order valence-corrected chi connectivity index (χ3v) is 3.79. The molecule has 0 spiro atoms. The Morgan fingerprint density at radius 1 is 1.33 bits per heavy atom. The molecule has 7 heteroatoms. The summed E-state index contributed by atoms with van der Waals surface area (Å²) in [5.74, 6) is -0.574. The van der Waals surface area contributed by atoms with E-state index >= 15 is 0 Å². The molecule has 3 rings (SSSR count). The van der Waals surface area contributed by atoms with Gasteiger partial charge in [0, 0.05) is 4.88 Å². The number of carbonyl (C=O) groups is 1. The van der Waals surface area contributed by atoms with Gasteiger partial charge >= 0.3 is 5.97 Å². The summed E-state index contributed by atoms with van der Waals surface area (Å²) in [4.78, 5) is 16.4. The predicted octanol–water partition coefficient (Wildman–Crippen LogP) is 1.86. The number of anilines is 2. The number of aromatic nitrogens is 3. The zero-order chi connectivity index (χ0) is 12.5. The number of carboxylic acids is 1. The lowest BCUT2D eigenvalue weighted by Gasteiger charge is -2.00. The monoisotopic (exact) mass is 262 g/mol. The maximum Gasteiger partial charge on any atom is 0.356 e. The molecule has 18 heavy (non-hydrogen) atoms. The van der Waals surface area contributed by atoms with Gasteiger partial charge in [0.25, 0.3) is 0 Å². The Morgan fingerprint density at radius 2 is 2.22 bits per heavy atom. The quantitative estimate of drug-likeness (QED) is 0.877. The van der Waals surface area contributed by atoms with E-state index in [0.717, 1.165) is 23.7 Å². The number of hydrogen-bond acceptors (Lipinski definition) is 6. The minimum atomic E-state index is -1.08. The smallest absolute Gasteiger partial charge is 0.356 e. The minimum Gasteiger partial charge on any atom is -0.476 e. The van der Waals surface area contributed by atoms with Gasteiger partial charge in [0.1, 0.15) is 0 Å². The number of rotatable bonds is 3. The van der Waals surface area contributed by atoms with E-state index in [0.29, 0.717) is 5.82 Å². The zero-order valence-electron chi connectivity index (χ0n) is 9.38. The van der Waals surface area contributed by atoms with Crippen molar-refractivity contribution in [2.45, 2.75) is 19.3 Å². The number of hydrogen-bond donors (Lipinski definition) is 2. The first-order valence-corrected chi connectivity index (χ1v) is 6.36. The molecule has 0 atom stereocenters. The molecule has 92 valence electrons. The molecular formula is C11H10N4O2S. The van der Waals surface area contributed by atoms with E-state index in [4.69, 9.17) is 5.11 Å². The van der Waals surface area contributed by atoms with Crippen LogP contribution in [0.15, 0.2) is 12.1 Å². The first kappa shape index (κ1) is 11.1. The van der Waals surface area contributed by atoms with Gasteiger partial charge in [-0.05, 0) is 31.4 Å². The van der Waals surface area contributed by atoms with Crippen molar-refractivity contribution in [3.63, 3.8) is 0 Å². The molecular weight excluding hydrogens is 252 g/mol. The van der Waals surface area contributed by atoms with E-state index in [2.05, 4.69) is 20.5 Å². The third kappa shape index (κ3) is 2.04. The van der Waals surface area contributed by atoms with Crippen LogP contribution in [0.2, 0.25) is 0 Å². The molecule has 2 heterocycles. The van der Waals surface area contributed by atoms with Crippen LogP contribution in [0.3, 0.4) is 0 Å². The maximum absolute atomic E-state index is 10.6. The van der Waals surface area contributed by atoms with Crippen molar-refractivity contribution in [1.82, 2.24) is 15.2 Å². The Bertz CT molecular complexity index is 572. The van der Waals surface area contributed by atoms with Crippen LogP contribution in [0.25, 0.3) is 0 Å². The van der Waals surface area contributed by atoms with E-state index < -0.39 is 5.97 Å². The second kappa shape index (κ2) is 4.34. The largest absolute Gasteiger partial charge is 0.476 e. The van der Waals surface area contributed by atoms with Gasteiger partial charge in [0.15, 0.2) is 16.6 Å². The maximum atomic E-state index is 10.6. The van der Waals surface area contributed by atoms with E-state index in [1.165, 1.54) is 17.4 Å². The Kier molecular flexibility index (Phi) is 2.67. The summed E-state index contributed by atoms with van der Waals surface area (Å²) in [6.07, 6.45) is 3.32. The van der Waals surface area contributed by atoms with Crippen molar-refractivity contribution < 1.29 is 9.90 Å². The van der Waals surface area contributed by atoms with Crippen LogP contribution >= 0.6 is 11.3 Å². The van der Waals surface area contributed by atoms with Crippen LogP contribution < -0.4 is 5.32 Å². The van der Waals surface area contributed by atoms with Gasteiger partial charge in [-0.2, -0.15) is 0 Å². The second-order valence-corrected chi connectivity index (χ2v) is 5.06. The Labute approximate surface area is 107 Å². The summed E-state index contributed by atoms with van der Waals surface area (Å²) in [6, 6.07) is 3.00. The molecule has 1 aliphatic carbocycles. The van der Waals surface area contributed by atoms with E-state index in [1.807, 2.05) is 0 Å². The summed E-state index contributed by atoms with van der Waals surface area (Å²) in [7, 11) is 0. The van der Waals surface area contributed by atoms with Gasteiger partial charge in [-0.3, -0.25) is 0 Å². The fourth-order valence-electron chi connectivity index (χ4n) is 1.87. The van der Waals surface area contributed by atoms with E-state index in [-0.39, 0.29) is 5.69 Å². The topological polar surface area (TPSA) is 88.0 Å². The van der Waals surface area contributed by atoms with Crippen LogP contribution in [0.4, 0.5) is 10.9 Å². The van der Waals surface area contributed by atoms with Crippen molar-refractivity contribution in [3.05, 3.63) is 28.4 Å². The van der Waals surface area contributed by atoms with Crippen molar-refractivity contribution >= 4 is 28.3 Å². The number of carboxylic acid groups (broad SMARTS) is 1. The average molecular weight is 262 g/mol. The summed E-state index contributed by atoms with van der Waals surface area (Å²) in [5, 5.41) is 19.9. The third-order valence-electron chi connectivity index (χ3n) is 2.71. The van der Waals surface area contributed by atoms with Gasteiger partial charge in [-0.1, -0.05) is 0 Å². The summed E-state index contributed by atoms with van der Waals surface area (Å²) in [5.41, 5.74) is 1.10. The molecule has 0 amide bonds. The van der Waals surface area contributed by atoms with Crippen LogP contribution in [0, 0.1) is 0 Å². The molecule has 0 fully saturated rings. The van der Waals surface area contributed by atoms with Gasteiger partial charge in [0.05, 0.1) is 5.69 Å². The fraction of sp³-hybridized carbons (Fsp3) is 0.273. The normalized spacial score (nSPS) is 13.3. The number of fused-ring (bicyclic) bond motifs is 1. The summed E-state index contributed by atoms with van der Waals surface area (Å²) < 4.78 is 0. The lowest BCUT2D eigenvalue weighted by Crippen LogP contribution is -2.03. The van der Waals surface area contributed by atoms with Crippen LogP contribution in [0.5, 0.6) is 0 Å². The highest BCUT2D eigenvalue weighted by Crippen LogP contribution is 2.31. The van der Waals surface area contributed by atoms with Crippen LogP contribution in [-0.2, 0) is 12.8 Å². The molecule has 2 aromatic rings. The molecule has 0 radical (unpaired) electrons. The van der Waals surface area contributed by atoms with Gasteiger partial charge in [-0.25, -0.2) is 9.78 Å². The van der Waals surface area contributed by atoms with Crippen LogP contribution in [0.1, 0.15) is 27.5 Å². The highest BCUT2D eigenvalue weighted by Gasteiger charge is 2.17. The first-order valence-electron chi connectivity index (χ1n) is 5.55. The Hall–Kier alpha value is -2.02. The van der Waals surface area contributed by atoms with Crippen molar-refractivity contribution in [3.8, 4) is 0 Å². The highest BCUT2D eigenvalue weighted by atomic mass is 32.1. The second-order valence-electron chi connectivity index (χ2n) is 3.98. The number of aromatic carboxylic acids is 1. The summed E-state index contributed by atoms with van der Waals surface area (Å²) >= 11 is 1.62. The Morgan fingerprint density at radius 3 is 2.89 bits per heavy atom. The van der Waals surface area contributed by atoms with Gasteiger partial charge < -0.3 is 10.4 Å². The lowest BCUT2D eigenvalue weighted by molar-refractivity contribution is 0.0689. The number of nitrogens with zero attached hydrogens (tertiary/aromatic N) is 3. The molecule has 1 aliphatic rings. The van der Waals surface area contributed by atoms with Crippen molar-refractivity contribution in [2.75, 3.05) is 5.32 Å². The Balaban J connectivity index is 1.77. The first-order chi connectivity index (χ1) is 8.72. The molecule has 0 aliphatic heterocycles. The SMILES string of the molecule is O=C(O)c1ccc(Nc2nc3c(s2)CCC3)nn1. The molecule has 2 N–H and O–H groups in total. The van der Waals surface area contributed by atoms with Crippen molar-refractivity contribution in [2.24, 2.45) is 0 Å². The van der Waals surface area contributed by atoms with Crippen molar-refractivity contribution in [1.29, 1.82) is 0 Å². The number of aryl methyl sites for hydroxylation is 2. The van der Waals surface area contributed by atoms with Gasteiger partial charge in [-0.15, -0.1) is 21.5 Å². The predicted molar refractivity (Wildman–Crippen MR) is 66.4 cm³/mol. The molecule has 0 bridgehead atoms. The van der Waals surface area contributed by atoms with E-state index in [9.17, 15) is 4.79 Å². The lowest BCUT2D eigenvalue weighted by atomic mass is 10.4. The molecule has 0 saturated carbocycles. The molecule has 2 aromatic heterocycles. The molecule has 0 saturated heterocycles.